The SMILES string of the molecule is COc1cc2nccc(Oc3ccc(CC(=O)c4cc(Br)cn(Cc5ccccc5)c4=O)cc3F)c2cc1C(N)=O. The van der Waals surface area contributed by atoms with E-state index in [9.17, 15) is 14.4 Å². The summed E-state index contributed by atoms with van der Waals surface area (Å²) >= 11 is 3.38. The van der Waals surface area contributed by atoms with Crippen LogP contribution in [0.3, 0.4) is 0 Å². The molecule has 2 heterocycles. The van der Waals surface area contributed by atoms with Gasteiger partial charge in [0, 0.05) is 34.7 Å². The van der Waals surface area contributed by atoms with E-state index in [1.54, 1.807) is 18.3 Å². The molecule has 5 aromatic rings. The second kappa shape index (κ2) is 11.7. The van der Waals surface area contributed by atoms with Crippen LogP contribution in [-0.2, 0) is 13.0 Å². The lowest BCUT2D eigenvalue weighted by Crippen LogP contribution is -2.27. The number of Topliss-reactive ketones (excluding diaryl/α,β-unsaturated/α-hetero) is 1. The predicted molar refractivity (Wildman–Crippen MR) is 155 cm³/mol. The second-order valence-electron chi connectivity index (χ2n) is 9.20. The van der Waals surface area contributed by atoms with Crippen LogP contribution in [0.15, 0.2) is 94.5 Å². The first-order valence-electron chi connectivity index (χ1n) is 12.4. The minimum Gasteiger partial charge on any atom is -0.496 e. The molecule has 10 heteroatoms. The standard InChI is InChI=1S/C31H23BrFN3O5/c1-40-29-15-25-21(14-23(29)30(34)38)27(9-10-35-25)41-28-8-7-19(11-24(28)33)12-26(37)22-13-20(32)17-36(31(22)39)16-18-5-3-2-4-6-18/h2-11,13-15,17H,12,16H2,1H3,(H2,34,38). The van der Waals surface area contributed by atoms with E-state index in [0.717, 1.165) is 5.56 Å². The van der Waals surface area contributed by atoms with Gasteiger partial charge >= 0.3 is 0 Å². The molecule has 5 rings (SSSR count). The minimum atomic E-state index is -0.709. The van der Waals surface area contributed by atoms with E-state index >= 15 is 4.39 Å². The molecule has 1 amide bonds. The summed E-state index contributed by atoms with van der Waals surface area (Å²) in [5, 5.41) is 0.433. The fraction of sp³-hybridized carbons (Fsp3) is 0.0968. The number of fused-ring (bicyclic) bond motifs is 1. The zero-order valence-corrected chi connectivity index (χ0v) is 23.4. The topological polar surface area (TPSA) is 114 Å². The summed E-state index contributed by atoms with van der Waals surface area (Å²) in [6, 6.07) is 19.6. The van der Waals surface area contributed by atoms with Gasteiger partial charge in [-0.05, 0) is 57.4 Å². The molecule has 0 atom stereocenters. The number of pyridine rings is 2. The maximum atomic E-state index is 15.1. The zero-order chi connectivity index (χ0) is 29.1. The molecule has 0 saturated heterocycles. The van der Waals surface area contributed by atoms with E-state index in [2.05, 4.69) is 20.9 Å². The Morgan fingerprint density at radius 2 is 1.73 bits per heavy atom. The zero-order valence-electron chi connectivity index (χ0n) is 21.8. The Morgan fingerprint density at radius 3 is 2.44 bits per heavy atom. The third-order valence-electron chi connectivity index (χ3n) is 6.42. The van der Waals surface area contributed by atoms with Crippen LogP contribution < -0.4 is 20.8 Å². The van der Waals surface area contributed by atoms with Crippen LogP contribution >= 0.6 is 15.9 Å². The van der Waals surface area contributed by atoms with Crippen LogP contribution in [0.2, 0.25) is 0 Å². The number of hydrogen-bond acceptors (Lipinski definition) is 6. The Labute approximate surface area is 242 Å². The number of rotatable bonds is 9. The van der Waals surface area contributed by atoms with Gasteiger partial charge in [0.25, 0.3) is 11.5 Å². The Balaban J connectivity index is 1.38. The lowest BCUT2D eigenvalue weighted by atomic mass is 10.0. The van der Waals surface area contributed by atoms with Crippen LogP contribution in [-0.4, -0.2) is 28.4 Å². The number of carbonyl (C=O) groups excluding carboxylic acids is 2. The molecule has 0 unspecified atom stereocenters. The van der Waals surface area contributed by atoms with E-state index < -0.39 is 23.1 Å². The van der Waals surface area contributed by atoms with Crippen molar-refractivity contribution in [2.75, 3.05) is 7.11 Å². The molecule has 0 saturated carbocycles. The Hall–Kier alpha value is -4.83. The predicted octanol–water partition coefficient (Wildman–Crippen LogP) is 5.67. The number of hydrogen-bond donors (Lipinski definition) is 1. The minimum absolute atomic E-state index is 0.0000190. The van der Waals surface area contributed by atoms with Crippen molar-refractivity contribution in [1.82, 2.24) is 9.55 Å². The van der Waals surface area contributed by atoms with Gasteiger partial charge in [-0.25, -0.2) is 4.39 Å². The number of benzene rings is 3. The van der Waals surface area contributed by atoms with E-state index in [-0.39, 0.29) is 34.8 Å². The first-order valence-corrected chi connectivity index (χ1v) is 13.2. The number of methoxy groups -OCH3 is 1. The van der Waals surface area contributed by atoms with E-state index in [1.807, 2.05) is 30.3 Å². The molecule has 0 fully saturated rings. The summed E-state index contributed by atoms with van der Waals surface area (Å²) in [7, 11) is 1.41. The number of halogens is 2. The summed E-state index contributed by atoms with van der Waals surface area (Å²) in [5.41, 5.74) is 6.91. The number of amides is 1. The average Bonchev–Trinajstić information content (AvgIpc) is 2.96. The number of aromatic nitrogens is 2. The number of nitrogens with zero attached hydrogens (tertiary/aromatic N) is 2. The Morgan fingerprint density at radius 1 is 0.951 bits per heavy atom. The number of primary amides is 1. The first-order chi connectivity index (χ1) is 19.7. The lowest BCUT2D eigenvalue weighted by Gasteiger charge is -2.13. The summed E-state index contributed by atoms with van der Waals surface area (Å²) in [4.78, 5) is 42.3. The fourth-order valence-electron chi connectivity index (χ4n) is 4.43. The molecule has 0 radical (unpaired) electrons. The van der Waals surface area contributed by atoms with Crippen molar-refractivity contribution in [2.45, 2.75) is 13.0 Å². The summed E-state index contributed by atoms with van der Waals surface area (Å²) < 4.78 is 28.2. The van der Waals surface area contributed by atoms with Gasteiger partial charge in [0.05, 0.1) is 30.3 Å². The number of ether oxygens (including phenoxy) is 2. The van der Waals surface area contributed by atoms with Gasteiger partial charge in [0.15, 0.2) is 17.3 Å². The van der Waals surface area contributed by atoms with E-state index in [4.69, 9.17) is 15.2 Å². The maximum Gasteiger partial charge on any atom is 0.261 e. The van der Waals surface area contributed by atoms with Crippen molar-refractivity contribution < 1.29 is 23.5 Å². The van der Waals surface area contributed by atoms with Crippen molar-refractivity contribution >= 4 is 38.5 Å². The quantitative estimate of drug-likeness (QED) is 0.214. The smallest absolute Gasteiger partial charge is 0.261 e. The summed E-state index contributed by atoms with van der Waals surface area (Å²) in [5.74, 6) is -1.45. The maximum absolute atomic E-state index is 15.1. The van der Waals surface area contributed by atoms with Crippen LogP contribution in [0.5, 0.6) is 17.2 Å². The van der Waals surface area contributed by atoms with Gasteiger partial charge in [-0.3, -0.25) is 19.4 Å². The van der Waals surface area contributed by atoms with Gasteiger partial charge in [-0.1, -0.05) is 36.4 Å². The molecule has 0 aliphatic rings. The molecule has 8 nitrogen and oxygen atoms in total. The third-order valence-corrected chi connectivity index (χ3v) is 6.85. The molecule has 206 valence electrons. The second-order valence-corrected chi connectivity index (χ2v) is 10.1. The molecule has 0 bridgehead atoms. The van der Waals surface area contributed by atoms with Crippen LogP contribution in [0, 0.1) is 5.82 Å². The van der Waals surface area contributed by atoms with Crippen LogP contribution in [0.25, 0.3) is 10.9 Å². The highest BCUT2D eigenvalue weighted by atomic mass is 79.9. The molecule has 41 heavy (non-hydrogen) atoms. The van der Waals surface area contributed by atoms with Crippen LogP contribution in [0.4, 0.5) is 4.39 Å². The summed E-state index contributed by atoms with van der Waals surface area (Å²) in [6.07, 6.45) is 2.92. The molecule has 0 spiro atoms. The normalized spacial score (nSPS) is 10.9. The molecule has 2 N–H and O–H groups in total. The average molecular weight is 616 g/mol. The van der Waals surface area contributed by atoms with E-state index in [0.29, 0.717) is 27.5 Å². The highest BCUT2D eigenvalue weighted by Gasteiger charge is 2.18. The molecule has 0 aliphatic carbocycles. The molecular weight excluding hydrogens is 593 g/mol. The number of carbonyl (C=O) groups is 2. The fourth-order valence-corrected chi connectivity index (χ4v) is 4.91. The van der Waals surface area contributed by atoms with Crippen molar-refractivity contribution in [2.24, 2.45) is 5.73 Å². The lowest BCUT2D eigenvalue weighted by molar-refractivity contribution is 0.0985. The molecule has 0 aliphatic heterocycles. The molecule has 2 aromatic heterocycles. The first kappa shape index (κ1) is 27.7. The number of ketones is 1. The van der Waals surface area contributed by atoms with Crippen molar-refractivity contribution in [1.29, 1.82) is 0 Å². The number of nitrogens with two attached hydrogens (primary N) is 1. The van der Waals surface area contributed by atoms with Gasteiger partial charge in [0.2, 0.25) is 0 Å². The molecular formula is C31H23BrFN3O5. The van der Waals surface area contributed by atoms with Gasteiger partial charge in [0.1, 0.15) is 11.5 Å². The third kappa shape index (κ3) is 6.02. The largest absolute Gasteiger partial charge is 0.496 e. The Kier molecular flexibility index (Phi) is 7.93. The van der Waals surface area contributed by atoms with Crippen LogP contribution in [0.1, 0.15) is 31.8 Å². The highest BCUT2D eigenvalue weighted by Crippen LogP contribution is 2.34. The highest BCUT2D eigenvalue weighted by molar-refractivity contribution is 9.10. The van der Waals surface area contributed by atoms with Crippen molar-refractivity contribution in [3.05, 3.63) is 128 Å². The molecule has 3 aromatic carbocycles. The van der Waals surface area contributed by atoms with Crippen molar-refractivity contribution in [3.63, 3.8) is 0 Å². The van der Waals surface area contributed by atoms with Crippen molar-refractivity contribution in [3.8, 4) is 17.2 Å². The van der Waals surface area contributed by atoms with Gasteiger partial charge < -0.3 is 19.8 Å². The summed E-state index contributed by atoms with van der Waals surface area (Å²) in [6.45, 7) is 0.303. The van der Waals surface area contributed by atoms with E-state index in [1.165, 1.54) is 48.2 Å². The van der Waals surface area contributed by atoms with Gasteiger partial charge in [-0.15, -0.1) is 0 Å². The monoisotopic (exact) mass is 615 g/mol. The van der Waals surface area contributed by atoms with Gasteiger partial charge in [-0.2, -0.15) is 0 Å². The Bertz CT molecular complexity index is 1860.